The van der Waals surface area contributed by atoms with Gasteiger partial charge in [0.05, 0.1) is 12.7 Å². The third-order valence-corrected chi connectivity index (χ3v) is 4.88. The van der Waals surface area contributed by atoms with Crippen LogP contribution in [0.25, 0.3) is 0 Å². The molecule has 118 valence electrons. The van der Waals surface area contributed by atoms with E-state index in [-0.39, 0.29) is 0 Å². The number of ether oxygens (including phenoxy) is 1. The minimum atomic E-state index is 0.502. The van der Waals surface area contributed by atoms with E-state index in [0.29, 0.717) is 12.1 Å². The maximum atomic E-state index is 6.08. The molecule has 2 aliphatic rings. The molecule has 2 heterocycles. The van der Waals surface area contributed by atoms with Gasteiger partial charge in [0.15, 0.2) is 0 Å². The van der Waals surface area contributed by atoms with Gasteiger partial charge in [0, 0.05) is 51.9 Å². The predicted molar refractivity (Wildman–Crippen MR) is 84.2 cm³/mol. The second-order valence-corrected chi connectivity index (χ2v) is 6.48. The number of nitrogens with zero attached hydrogens (tertiary/aromatic N) is 3. The van der Waals surface area contributed by atoms with E-state index in [1.165, 1.54) is 58.7 Å². The minimum absolute atomic E-state index is 0.502. The molecule has 0 amide bonds. The second kappa shape index (κ2) is 8.32. The van der Waals surface area contributed by atoms with E-state index in [1.54, 1.807) is 0 Å². The van der Waals surface area contributed by atoms with Gasteiger partial charge in [-0.05, 0) is 33.2 Å². The molecule has 2 aliphatic heterocycles. The van der Waals surface area contributed by atoms with Crippen molar-refractivity contribution in [2.24, 2.45) is 0 Å². The Balaban J connectivity index is 1.54. The molecular weight excluding hydrogens is 250 g/mol. The lowest BCUT2D eigenvalue weighted by molar-refractivity contribution is -0.0109. The summed E-state index contributed by atoms with van der Waals surface area (Å²) in [4.78, 5) is 7.64. The van der Waals surface area contributed by atoms with Gasteiger partial charge in [-0.1, -0.05) is 6.92 Å². The van der Waals surface area contributed by atoms with Gasteiger partial charge in [0.25, 0.3) is 0 Å². The summed E-state index contributed by atoms with van der Waals surface area (Å²) in [7, 11) is 0. The number of hydrogen-bond acceptors (Lipinski definition) is 4. The van der Waals surface area contributed by atoms with Crippen LogP contribution in [0, 0.1) is 0 Å². The molecule has 0 aromatic carbocycles. The second-order valence-electron chi connectivity index (χ2n) is 6.48. The van der Waals surface area contributed by atoms with Gasteiger partial charge in [-0.3, -0.25) is 4.90 Å². The number of hydrogen-bond donors (Lipinski definition) is 0. The highest BCUT2D eigenvalue weighted by Gasteiger charge is 2.21. The Bertz CT molecular complexity index is 256. The fourth-order valence-electron chi connectivity index (χ4n) is 3.24. The van der Waals surface area contributed by atoms with Crippen LogP contribution in [0.5, 0.6) is 0 Å². The summed E-state index contributed by atoms with van der Waals surface area (Å²) >= 11 is 0. The molecule has 4 heteroatoms. The SMILES string of the molecule is CCN1CCN(CCOC2CCN(C(C)C)CC2)CC1. The Labute approximate surface area is 125 Å². The Morgan fingerprint density at radius 1 is 0.950 bits per heavy atom. The van der Waals surface area contributed by atoms with E-state index in [4.69, 9.17) is 4.74 Å². The molecule has 0 aromatic heterocycles. The molecule has 0 unspecified atom stereocenters. The van der Waals surface area contributed by atoms with Crippen LogP contribution in [0.3, 0.4) is 0 Å². The number of piperidine rings is 1. The highest BCUT2D eigenvalue weighted by Crippen LogP contribution is 2.15. The van der Waals surface area contributed by atoms with E-state index in [1.807, 2.05) is 0 Å². The molecule has 0 aliphatic carbocycles. The largest absolute Gasteiger partial charge is 0.377 e. The van der Waals surface area contributed by atoms with Gasteiger partial charge >= 0.3 is 0 Å². The number of likely N-dealkylation sites (tertiary alicyclic amines) is 1. The molecule has 2 rings (SSSR count). The van der Waals surface area contributed by atoms with Crippen LogP contribution in [0.1, 0.15) is 33.6 Å². The fourth-order valence-corrected chi connectivity index (χ4v) is 3.24. The van der Waals surface area contributed by atoms with Crippen molar-refractivity contribution in [2.75, 3.05) is 59.0 Å². The molecule has 20 heavy (non-hydrogen) atoms. The quantitative estimate of drug-likeness (QED) is 0.735. The predicted octanol–water partition coefficient (Wildman–Crippen LogP) is 1.51. The van der Waals surface area contributed by atoms with Crippen molar-refractivity contribution in [3.63, 3.8) is 0 Å². The van der Waals surface area contributed by atoms with Crippen LogP contribution in [0.15, 0.2) is 0 Å². The smallest absolute Gasteiger partial charge is 0.0600 e. The average Bonchev–Trinajstić information content (AvgIpc) is 2.48. The summed E-state index contributed by atoms with van der Waals surface area (Å²) in [6, 6.07) is 0.686. The first kappa shape index (κ1) is 16.2. The molecular formula is C16H33N3O. The number of piperazine rings is 1. The Kier molecular flexibility index (Phi) is 6.75. The fraction of sp³-hybridized carbons (Fsp3) is 1.00. The van der Waals surface area contributed by atoms with E-state index >= 15 is 0 Å². The van der Waals surface area contributed by atoms with Crippen molar-refractivity contribution in [3.05, 3.63) is 0 Å². The van der Waals surface area contributed by atoms with E-state index < -0.39 is 0 Å². The van der Waals surface area contributed by atoms with Crippen molar-refractivity contribution < 1.29 is 4.74 Å². The monoisotopic (exact) mass is 283 g/mol. The van der Waals surface area contributed by atoms with Crippen LogP contribution in [0.4, 0.5) is 0 Å². The zero-order chi connectivity index (χ0) is 14.4. The molecule has 0 atom stereocenters. The summed E-state index contributed by atoms with van der Waals surface area (Å²) in [5.41, 5.74) is 0. The molecule has 0 radical (unpaired) electrons. The molecule has 0 spiro atoms. The normalized spacial score (nSPS) is 24.6. The van der Waals surface area contributed by atoms with Crippen molar-refractivity contribution in [3.8, 4) is 0 Å². The summed E-state index contributed by atoms with van der Waals surface area (Å²) in [6.45, 7) is 17.3. The number of rotatable bonds is 6. The maximum absolute atomic E-state index is 6.08. The summed E-state index contributed by atoms with van der Waals surface area (Å²) in [5.74, 6) is 0. The van der Waals surface area contributed by atoms with Crippen LogP contribution in [-0.2, 0) is 4.74 Å². The number of likely N-dealkylation sites (N-methyl/N-ethyl adjacent to an activating group) is 1. The summed E-state index contributed by atoms with van der Waals surface area (Å²) < 4.78 is 6.08. The van der Waals surface area contributed by atoms with Crippen LogP contribution in [0.2, 0.25) is 0 Å². The van der Waals surface area contributed by atoms with Gasteiger partial charge in [-0.25, -0.2) is 0 Å². The van der Waals surface area contributed by atoms with Gasteiger partial charge in [0.1, 0.15) is 0 Å². The van der Waals surface area contributed by atoms with E-state index in [2.05, 4.69) is 35.5 Å². The molecule has 0 bridgehead atoms. The lowest BCUT2D eigenvalue weighted by atomic mass is 10.1. The van der Waals surface area contributed by atoms with Crippen LogP contribution < -0.4 is 0 Å². The molecule has 2 fully saturated rings. The van der Waals surface area contributed by atoms with Gasteiger partial charge in [-0.2, -0.15) is 0 Å². The average molecular weight is 283 g/mol. The van der Waals surface area contributed by atoms with Crippen molar-refractivity contribution in [2.45, 2.75) is 45.8 Å². The van der Waals surface area contributed by atoms with E-state index in [0.717, 1.165) is 13.2 Å². The van der Waals surface area contributed by atoms with Gasteiger partial charge in [0.2, 0.25) is 0 Å². The third-order valence-electron chi connectivity index (χ3n) is 4.88. The zero-order valence-electron chi connectivity index (χ0n) is 13.7. The van der Waals surface area contributed by atoms with Gasteiger partial charge in [-0.15, -0.1) is 0 Å². The molecule has 2 saturated heterocycles. The summed E-state index contributed by atoms with van der Waals surface area (Å²) in [6.07, 6.45) is 2.92. The third kappa shape index (κ3) is 4.99. The lowest BCUT2D eigenvalue weighted by Gasteiger charge is -2.36. The van der Waals surface area contributed by atoms with Gasteiger partial charge < -0.3 is 14.5 Å². The minimum Gasteiger partial charge on any atom is -0.377 e. The molecule has 0 aromatic rings. The maximum Gasteiger partial charge on any atom is 0.0600 e. The first-order valence-electron chi connectivity index (χ1n) is 8.49. The van der Waals surface area contributed by atoms with Crippen molar-refractivity contribution in [1.29, 1.82) is 0 Å². The Morgan fingerprint density at radius 3 is 2.10 bits per heavy atom. The Morgan fingerprint density at radius 2 is 1.55 bits per heavy atom. The van der Waals surface area contributed by atoms with Crippen LogP contribution in [-0.4, -0.2) is 85.8 Å². The van der Waals surface area contributed by atoms with Crippen LogP contribution >= 0.6 is 0 Å². The zero-order valence-corrected chi connectivity index (χ0v) is 13.7. The summed E-state index contributed by atoms with van der Waals surface area (Å²) in [5, 5.41) is 0. The first-order valence-corrected chi connectivity index (χ1v) is 8.49. The highest BCUT2D eigenvalue weighted by atomic mass is 16.5. The first-order chi connectivity index (χ1) is 9.69. The molecule has 0 saturated carbocycles. The molecule has 4 nitrogen and oxygen atoms in total. The Hall–Kier alpha value is -0.160. The lowest BCUT2D eigenvalue weighted by Crippen LogP contribution is -2.47. The van der Waals surface area contributed by atoms with Crippen molar-refractivity contribution in [1.82, 2.24) is 14.7 Å². The van der Waals surface area contributed by atoms with Crippen molar-refractivity contribution >= 4 is 0 Å². The highest BCUT2D eigenvalue weighted by molar-refractivity contribution is 4.75. The van der Waals surface area contributed by atoms with E-state index in [9.17, 15) is 0 Å². The standard InChI is InChI=1S/C16H33N3O/c1-4-17-9-11-18(12-10-17)13-14-20-16-5-7-19(8-6-16)15(2)3/h15-16H,4-14H2,1-3H3. The topological polar surface area (TPSA) is 19.0 Å². The molecule has 0 N–H and O–H groups in total.